The van der Waals surface area contributed by atoms with Crippen molar-refractivity contribution in [2.24, 2.45) is 0 Å². The number of amides is 1. The molecule has 1 amide bonds. The molecule has 2 rings (SSSR count). The van der Waals surface area contributed by atoms with Gasteiger partial charge in [-0.25, -0.2) is 0 Å². The van der Waals surface area contributed by atoms with E-state index >= 15 is 0 Å². The largest absolute Gasteiger partial charge is 0.496 e. The van der Waals surface area contributed by atoms with Gasteiger partial charge in [0.1, 0.15) is 17.4 Å². The van der Waals surface area contributed by atoms with Gasteiger partial charge in [0.15, 0.2) is 0 Å². The minimum absolute atomic E-state index is 0.0583. The Kier molecular flexibility index (Phi) is 6.40. The molecular weight excluding hydrogens is 292 g/mol. The van der Waals surface area contributed by atoms with Gasteiger partial charge < -0.3 is 14.8 Å². The number of hydrogen-bond donors (Lipinski definition) is 1. The zero-order chi connectivity index (χ0) is 16.5. The van der Waals surface area contributed by atoms with Crippen molar-refractivity contribution in [2.45, 2.75) is 18.9 Å². The molecule has 5 heteroatoms. The van der Waals surface area contributed by atoms with Crippen LogP contribution in [0.3, 0.4) is 0 Å². The SMILES string of the molecule is COc1ccccc1/C=C/C=C(\C#N)C(=O)NC[C@@H]1CCCO1. The highest BCUT2D eigenvalue weighted by molar-refractivity contribution is 5.97. The molecule has 5 nitrogen and oxygen atoms in total. The third-order valence-electron chi connectivity index (χ3n) is 3.56. The van der Waals surface area contributed by atoms with Gasteiger partial charge in [0.25, 0.3) is 5.91 Å². The highest BCUT2D eigenvalue weighted by Crippen LogP contribution is 2.18. The van der Waals surface area contributed by atoms with Crippen LogP contribution in [-0.4, -0.2) is 32.3 Å². The summed E-state index contributed by atoms with van der Waals surface area (Å²) < 4.78 is 10.7. The minimum atomic E-state index is -0.382. The topological polar surface area (TPSA) is 71.3 Å². The second-order valence-electron chi connectivity index (χ2n) is 5.14. The van der Waals surface area contributed by atoms with Crippen LogP contribution in [0.5, 0.6) is 5.75 Å². The Morgan fingerprint density at radius 2 is 2.35 bits per heavy atom. The zero-order valence-electron chi connectivity index (χ0n) is 13.1. The number of ether oxygens (including phenoxy) is 2. The first kappa shape index (κ1) is 16.8. The minimum Gasteiger partial charge on any atom is -0.496 e. The number of nitrogens with zero attached hydrogens (tertiary/aromatic N) is 1. The van der Waals surface area contributed by atoms with Gasteiger partial charge >= 0.3 is 0 Å². The molecule has 0 spiro atoms. The highest BCUT2D eigenvalue weighted by atomic mass is 16.5. The molecule has 0 aromatic heterocycles. The lowest BCUT2D eigenvalue weighted by atomic mass is 10.1. The number of carbonyl (C=O) groups excluding carboxylic acids is 1. The molecule has 0 radical (unpaired) electrons. The smallest absolute Gasteiger partial charge is 0.262 e. The van der Waals surface area contributed by atoms with Crippen molar-refractivity contribution in [3.05, 3.63) is 47.6 Å². The summed E-state index contributed by atoms with van der Waals surface area (Å²) in [6.45, 7) is 1.18. The van der Waals surface area contributed by atoms with Crippen LogP contribution < -0.4 is 10.1 Å². The fourth-order valence-electron chi connectivity index (χ4n) is 2.32. The molecule has 1 aromatic carbocycles. The Hall–Kier alpha value is -2.58. The van der Waals surface area contributed by atoms with Gasteiger partial charge in [0, 0.05) is 18.7 Å². The lowest BCUT2D eigenvalue weighted by Crippen LogP contribution is -2.32. The maximum absolute atomic E-state index is 12.0. The summed E-state index contributed by atoms with van der Waals surface area (Å²) >= 11 is 0. The van der Waals surface area contributed by atoms with Crippen LogP contribution in [0.15, 0.2) is 42.0 Å². The lowest BCUT2D eigenvalue weighted by molar-refractivity contribution is -0.117. The fourth-order valence-corrected chi connectivity index (χ4v) is 2.32. The number of hydrogen-bond acceptors (Lipinski definition) is 4. The van der Waals surface area contributed by atoms with Crippen LogP contribution in [0.25, 0.3) is 6.08 Å². The average Bonchev–Trinajstić information content (AvgIpc) is 3.10. The summed E-state index contributed by atoms with van der Waals surface area (Å²) in [5, 5.41) is 11.9. The number of para-hydroxylation sites is 1. The summed E-state index contributed by atoms with van der Waals surface area (Å²) in [4.78, 5) is 12.0. The Morgan fingerprint density at radius 1 is 1.52 bits per heavy atom. The maximum Gasteiger partial charge on any atom is 0.262 e. The number of methoxy groups -OCH3 is 1. The van der Waals surface area contributed by atoms with Gasteiger partial charge in [0.2, 0.25) is 0 Å². The molecule has 1 fully saturated rings. The number of nitriles is 1. The summed E-state index contributed by atoms with van der Waals surface area (Å²) in [6.07, 6.45) is 6.98. The third kappa shape index (κ3) is 4.97. The van der Waals surface area contributed by atoms with Crippen molar-refractivity contribution in [3.63, 3.8) is 0 Å². The van der Waals surface area contributed by atoms with E-state index in [1.807, 2.05) is 30.3 Å². The van der Waals surface area contributed by atoms with Crippen molar-refractivity contribution in [2.75, 3.05) is 20.3 Å². The molecule has 1 N–H and O–H groups in total. The quantitative estimate of drug-likeness (QED) is 0.497. The Bertz CT molecular complexity index is 638. The molecule has 120 valence electrons. The van der Waals surface area contributed by atoms with E-state index in [2.05, 4.69) is 5.32 Å². The number of rotatable bonds is 6. The second kappa shape index (κ2) is 8.76. The van der Waals surface area contributed by atoms with Crippen LogP contribution >= 0.6 is 0 Å². The van der Waals surface area contributed by atoms with Crippen molar-refractivity contribution in [1.82, 2.24) is 5.32 Å². The van der Waals surface area contributed by atoms with E-state index < -0.39 is 0 Å². The van der Waals surface area contributed by atoms with Crippen LogP contribution in [0, 0.1) is 11.3 Å². The number of nitrogens with one attached hydrogen (secondary N) is 1. The number of benzene rings is 1. The zero-order valence-corrected chi connectivity index (χ0v) is 13.1. The molecule has 1 aliphatic heterocycles. The van der Waals surface area contributed by atoms with Gasteiger partial charge in [-0.15, -0.1) is 0 Å². The third-order valence-corrected chi connectivity index (χ3v) is 3.56. The first-order chi connectivity index (χ1) is 11.2. The van der Waals surface area contributed by atoms with Crippen molar-refractivity contribution in [1.29, 1.82) is 5.26 Å². The normalized spacial score (nSPS) is 17.9. The predicted octanol–water partition coefficient (Wildman–Crippen LogP) is 2.45. The van der Waals surface area contributed by atoms with Crippen LogP contribution in [0.2, 0.25) is 0 Å². The van der Waals surface area contributed by atoms with Crippen LogP contribution in [0.4, 0.5) is 0 Å². The Balaban J connectivity index is 1.96. The van der Waals surface area contributed by atoms with E-state index in [9.17, 15) is 4.79 Å². The maximum atomic E-state index is 12.0. The first-order valence-electron chi connectivity index (χ1n) is 7.56. The summed E-state index contributed by atoms with van der Waals surface area (Å²) in [7, 11) is 1.60. The fraction of sp³-hybridized carbons (Fsp3) is 0.333. The predicted molar refractivity (Wildman–Crippen MR) is 87.7 cm³/mol. The van der Waals surface area contributed by atoms with Crippen molar-refractivity contribution >= 4 is 12.0 Å². The molecule has 1 heterocycles. The van der Waals surface area contributed by atoms with Crippen molar-refractivity contribution in [3.8, 4) is 11.8 Å². The van der Waals surface area contributed by atoms with Gasteiger partial charge in [-0.05, 0) is 25.0 Å². The summed E-state index contributed by atoms with van der Waals surface area (Å²) in [5.41, 5.74) is 0.942. The van der Waals surface area contributed by atoms with Gasteiger partial charge in [-0.3, -0.25) is 4.79 Å². The standard InChI is InChI=1S/C18H20N2O3/c1-22-17-10-3-2-6-14(17)7-4-8-15(12-19)18(21)20-13-16-9-5-11-23-16/h2-4,6-8,10,16H,5,9,11,13H2,1H3,(H,20,21)/b7-4+,15-8+/t16-/m0/s1. The molecule has 0 aliphatic carbocycles. The molecule has 1 aromatic rings. The molecule has 1 aliphatic rings. The first-order valence-corrected chi connectivity index (χ1v) is 7.56. The van der Waals surface area contributed by atoms with E-state index in [0.717, 1.165) is 30.8 Å². The Morgan fingerprint density at radius 3 is 3.04 bits per heavy atom. The van der Waals surface area contributed by atoms with E-state index in [1.54, 1.807) is 19.3 Å². The van der Waals surface area contributed by atoms with Gasteiger partial charge in [-0.1, -0.05) is 30.4 Å². The van der Waals surface area contributed by atoms with E-state index in [0.29, 0.717) is 6.54 Å². The molecule has 23 heavy (non-hydrogen) atoms. The molecular formula is C18H20N2O3. The number of carbonyl (C=O) groups is 1. The average molecular weight is 312 g/mol. The summed E-state index contributed by atoms with van der Waals surface area (Å²) in [6, 6.07) is 9.44. The Labute approximate surface area is 136 Å². The van der Waals surface area contributed by atoms with E-state index in [4.69, 9.17) is 14.7 Å². The molecule has 0 bridgehead atoms. The number of allylic oxidation sites excluding steroid dienone is 2. The highest BCUT2D eigenvalue weighted by Gasteiger charge is 2.17. The second-order valence-corrected chi connectivity index (χ2v) is 5.14. The molecule has 1 atom stereocenters. The van der Waals surface area contributed by atoms with Crippen LogP contribution in [-0.2, 0) is 9.53 Å². The molecule has 0 unspecified atom stereocenters. The van der Waals surface area contributed by atoms with Crippen LogP contribution in [0.1, 0.15) is 18.4 Å². The van der Waals surface area contributed by atoms with E-state index in [1.165, 1.54) is 6.08 Å². The van der Waals surface area contributed by atoms with Gasteiger partial charge in [0.05, 0.1) is 13.2 Å². The lowest BCUT2D eigenvalue weighted by Gasteiger charge is -2.09. The monoisotopic (exact) mass is 312 g/mol. The molecule has 0 saturated carbocycles. The summed E-state index contributed by atoms with van der Waals surface area (Å²) in [5.74, 6) is 0.353. The van der Waals surface area contributed by atoms with E-state index in [-0.39, 0.29) is 17.6 Å². The molecule has 1 saturated heterocycles. The van der Waals surface area contributed by atoms with Gasteiger partial charge in [-0.2, -0.15) is 5.26 Å². The van der Waals surface area contributed by atoms with Crippen molar-refractivity contribution < 1.29 is 14.3 Å².